The highest BCUT2D eigenvalue weighted by Gasteiger charge is 2.27. The zero-order chi connectivity index (χ0) is 13.8. The third-order valence-electron chi connectivity index (χ3n) is 3.71. The van der Waals surface area contributed by atoms with Gasteiger partial charge in [0.05, 0.1) is 0 Å². The predicted octanol–water partition coefficient (Wildman–Crippen LogP) is 1.70. The van der Waals surface area contributed by atoms with Crippen molar-refractivity contribution in [3.05, 3.63) is 6.07 Å². The molecule has 1 atom stereocenters. The lowest BCUT2D eigenvalue weighted by molar-refractivity contribution is 0.232. The van der Waals surface area contributed by atoms with Gasteiger partial charge in [-0.2, -0.15) is 0 Å². The Hall–Kier alpha value is -1.01. The maximum absolute atomic E-state index is 5.85. The Kier molecular flexibility index (Phi) is 4.87. The van der Waals surface area contributed by atoms with Crippen LogP contribution in [0.4, 0.5) is 11.6 Å². The summed E-state index contributed by atoms with van der Waals surface area (Å²) < 4.78 is 0. The van der Waals surface area contributed by atoms with Crippen molar-refractivity contribution in [3.8, 4) is 0 Å². The van der Waals surface area contributed by atoms with E-state index in [9.17, 15) is 0 Å². The van der Waals surface area contributed by atoms with E-state index >= 15 is 0 Å². The first-order valence-electron chi connectivity index (χ1n) is 6.85. The van der Waals surface area contributed by atoms with Crippen molar-refractivity contribution >= 4 is 23.4 Å². The molecule has 1 unspecified atom stereocenters. The summed E-state index contributed by atoms with van der Waals surface area (Å²) in [5, 5.41) is 0.751. The minimum Gasteiger partial charge on any atom is -0.383 e. The lowest BCUT2D eigenvalue weighted by Crippen LogP contribution is -2.37. The standard InChI is InChI=1S/C13H23N5S/c1-4-17(5-2)10-6-7-18(9-10)12-8-11(14)15-13(16-12)19-3/h8,10H,4-7,9H2,1-3H3,(H2,14,15,16). The van der Waals surface area contributed by atoms with Gasteiger partial charge in [0.2, 0.25) is 0 Å². The molecular weight excluding hydrogens is 258 g/mol. The summed E-state index contributed by atoms with van der Waals surface area (Å²) in [5.41, 5.74) is 5.85. The van der Waals surface area contributed by atoms with Gasteiger partial charge in [-0.1, -0.05) is 25.6 Å². The molecule has 1 aromatic rings. The van der Waals surface area contributed by atoms with Crippen LogP contribution < -0.4 is 10.6 Å². The van der Waals surface area contributed by atoms with Crippen molar-refractivity contribution < 1.29 is 0 Å². The average molecular weight is 281 g/mol. The van der Waals surface area contributed by atoms with Crippen LogP contribution in [-0.4, -0.2) is 53.3 Å². The zero-order valence-corrected chi connectivity index (χ0v) is 12.8. The van der Waals surface area contributed by atoms with Gasteiger partial charge in [-0.15, -0.1) is 0 Å². The number of likely N-dealkylation sites (N-methyl/N-ethyl adjacent to an activating group) is 1. The molecule has 1 aromatic heterocycles. The van der Waals surface area contributed by atoms with Gasteiger partial charge in [-0.05, 0) is 25.8 Å². The Morgan fingerprint density at radius 3 is 2.79 bits per heavy atom. The fourth-order valence-corrected chi connectivity index (χ4v) is 3.05. The van der Waals surface area contributed by atoms with Gasteiger partial charge in [0.1, 0.15) is 11.6 Å². The van der Waals surface area contributed by atoms with E-state index in [4.69, 9.17) is 5.73 Å². The summed E-state index contributed by atoms with van der Waals surface area (Å²) in [4.78, 5) is 13.6. The van der Waals surface area contributed by atoms with Gasteiger partial charge < -0.3 is 10.6 Å². The molecule has 5 nitrogen and oxygen atoms in total. The Morgan fingerprint density at radius 1 is 1.42 bits per heavy atom. The summed E-state index contributed by atoms with van der Waals surface area (Å²) in [6.45, 7) is 8.74. The second kappa shape index (κ2) is 6.43. The van der Waals surface area contributed by atoms with Crippen LogP contribution in [0.5, 0.6) is 0 Å². The van der Waals surface area contributed by atoms with Crippen molar-refractivity contribution in [1.29, 1.82) is 0 Å². The lowest BCUT2D eigenvalue weighted by atomic mass is 10.2. The van der Waals surface area contributed by atoms with Crippen LogP contribution in [0.3, 0.4) is 0 Å². The summed E-state index contributed by atoms with van der Waals surface area (Å²) in [7, 11) is 0. The van der Waals surface area contributed by atoms with Crippen LogP contribution >= 0.6 is 11.8 Å². The van der Waals surface area contributed by atoms with Gasteiger partial charge in [-0.3, -0.25) is 4.90 Å². The summed E-state index contributed by atoms with van der Waals surface area (Å²) in [6, 6.07) is 2.51. The molecule has 19 heavy (non-hydrogen) atoms. The van der Waals surface area contributed by atoms with Gasteiger partial charge >= 0.3 is 0 Å². The number of nitrogen functional groups attached to an aromatic ring is 1. The predicted molar refractivity (Wildman–Crippen MR) is 81.8 cm³/mol. The molecule has 2 N–H and O–H groups in total. The van der Waals surface area contributed by atoms with Crippen molar-refractivity contribution in [2.75, 3.05) is 43.1 Å². The van der Waals surface area contributed by atoms with E-state index < -0.39 is 0 Å². The molecule has 1 aliphatic heterocycles. The number of thioether (sulfide) groups is 1. The number of nitrogens with two attached hydrogens (primary N) is 1. The third-order valence-corrected chi connectivity index (χ3v) is 4.26. The number of nitrogens with zero attached hydrogens (tertiary/aromatic N) is 4. The van der Waals surface area contributed by atoms with E-state index in [2.05, 4.69) is 33.6 Å². The highest BCUT2D eigenvalue weighted by Crippen LogP contribution is 2.24. The first-order chi connectivity index (χ1) is 9.17. The van der Waals surface area contributed by atoms with E-state index in [1.54, 1.807) is 0 Å². The molecule has 6 heteroatoms. The molecule has 106 valence electrons. The maximum atomic E-state index is 5.85. The fraction of sp³-hybridized carbons (Fsp3) is 0.692. The molecule has 0 radical (unpaired) electrons. The average Bonchev–Trinajstić information content (AvgIpc) is 2.89. The summed E-state index contributed by atoms with van der Waals surface area (Å²) in [6.07, 6.45) is 3.17. The van der Waals surface area contributed by atoms with Gasteiger partial charge in [0.25, 0.3) is 0 Å². The monoisotopic (exact) mass is 281 g/mol. The number of anilines is 2. The summed E-state index contributed by atoms with van der Waals surface area (Å²) in [5.74, 6) is 1.52. The van der Waals surface area contributed by atoms with E-state index in [1.807, 2.05) is 12.3 Å². The van der Waals surface area contributed by atoms with E-state index in [1.165, 1.54) is 18.2 Å². The van der Waals surface area contributed by atoms with Crippen LogP contribution in [0.2, 0.25) is 0 Å². The molecule has 0 bridgehead atoms. The Labute approximate surface area is 119 Å². The lowest BCUT2D eigenvalue weighted by Gasteiger charge is -2.26. The van der Waals surface area contributed by atoms with Gasteiger partial charge in [0.15, 0.2) is 5.16 Å². The largest absolute Gasteiger partial charge is 0.383 e. The smallest absolute Gasteiger partial charge is 0.191 e. The van der Waals surface area contributed by atoms with Crippen molar-refractivity contribution in [2.24, 2.45) is 0 Å². The van der Waals surface area contributed by atoms with Crippen LogP contribution in [0, 0.1) is 0 Å². The van der Waals surface area contributed by atoms with Crippen LogP contribution in [0.15, 0.2) is 11.2 Å². The highest BCUT2D eigenvalue weighted by molar-refractivity contribution is 7.98. The molecule has 2 heterocycles. The number of aromatic nitrogens is 2. The number of hydrogen-bond donors (Lipinski definition) is 1. The molecule has 1 fully saturated rings. The van der Waals surface area contributed by atoms with Crippen molar-refractivity contribution in [2.45, 2.75) is 31.5 Å². The van der Waals surface area contributed by atoms with Crippen LogP contribution in [0.1, 0.15) is 20.3 Å². The number of hydrogen-bond acceptors (Lipinski definition) is 6. The van der Waals surface area contributed by atoms with Crippen LogP contribution in [-0.2, 0) is 0 Å². The molecule has 0 amide bonds. The summed E-state index contributed by atoms with van der Waals surface area (Å²) >= 11 is 1.53. The normalized spacial score (nSPS) is 19.4. The Balaban J connectivity index is 2.10. The third kappa shape index (κ3) is 3.30. The molecule has 2 rings (SSSR count). The maximum Gasteiger partial charge on any atom is 0.191 e. The van der Waals surface area contributed by atoms with Crippen molar-refractivity contribution in [3.63, 3.8) is 0 Å². The van der Waals surface area contributed by atoms with E-state index in [0.717, 1.165) is 37.2 Å². The second-order valence-electron chi connectivity index (χ2n) is 4.75. The minimum absolute atomic E-state index is 0.556. The molecule has 0 aliphatic carbocycles. The second-order valence-corrected chi connectivity index (χ2v) is 5.52. The number of rotatable bonds is 5. The Morgan fingerprint density at radius 2 is 2.16 bits per heavy atom. The molecule has 1 saturated heterocycles. The highest BCUT2D eigenvalue weighted by atomic mass is 32.2. The van der Waals surface area contributed by atoms with Gasteiger partial charge in [0, 0.05) is 25.2 Å². The fourth-order valence-electron chi connectivity index (χ4n) is 2.67. The quantitative estimate of drug-likeness (QED) is 0.655. The van der Waals surface area contributed by atoms with Crippen LogP contribution in [0.25, 0.3) is 0 Å². The molecular formula is C13H23N5S. The molecule has 1 aliphatic rings. The topological polar surface area (TPSA) is 58.3 Å². The SMILES string of the molecule is CCN(CC)C1CCN(c2cc(N)nc(SC)n2)C1. The molecule has 0 aromatic carbocycles. The Bertz CT molecular complexity index is 421. The van der Waals surface area contributed by atoms with E-state index in [-0.39, 0.29) is 0 Å². The minimum atomic E-state index is 0.556. The molecule has 0 saturated carbocycles. The molecule has 0 spiro atoms. The van der Waals surface area contributed by atoms with Gasteiger partial charge in [-0.25, -0.2) is 9.97 Å². The first kappa shape index (κ1) is 14.4. The first-order valence-corrected chi connectivity index (χ1v) is 8.07. The van der Waals surface area contributed by atoms with E-state index in [0.29, 0.717) is 11.9 Å². The van der Waals surface area contributed by atoms with Crippen molar-refractivity contribution in [1.82, 2.24) is 14.9 Å². The zero-order valence-electron chi connectivity index (χ0n) is 12.0.